The van der Waals surface area contributed by atoms with E-state index in [0.29, 0.717) is 23.6 Å². The lowest BCUT2D eigenvalue weighted by molar-refractivity contribution is 0.250. The van der Waals surface area contributed by atoms with E-state index in [1.165, 1.54) is 12.7 Å². The molecule has 0 amide bonds. The van der Waals surface area contributed by atoms with Crippen LogP contribution < -0.4 is 10.1 Å². The highest BCUT2D eigenvalue weighted by atomic mass is 35.5. The lowest BCUT2D eigenvalue weighted by atomic mass is 10.1. The van der Waals surface area contributed by atoms with Crippen LogP contribution in [0, 0.1) is 5.92 Å². The number of ether oxygens (including phenoxy) is 1. The molecule has 0 radical (unpaired) electrons. The van der Waals surface area contributed by atoms with Crippen LogP contribution in [0.3, 0.4) is 0 Å². The Kier molecular flexibility index (Phi) is 3.16. The highest BCUT2D eigenvalue weighted by Gasteiger charge is 2.15. The Morgan fingerprint density at radius 2 is 2.50 bits per heavy atom. The van der Waals surface area contributed by atoms with Gasteiger partial charge < -0.3 is 10.1 Å². The van der Waals surface area contributed by atoms with Crippen LogP contribution >= 0.6 is 11.6 Å². The monoisotopic (exact) mass is 213 g/mol. The number of hydrogen-bond donors (Lipinski definition) is 1. The molecule has 1 aromatic heterocycles. The summed E-state index contributed by atoms with van der Waals surface area (Å²) in [6.45, 7) is 2.80. The van der Waals surface area contributed by atoms with Crippen molar-refractivity contribution in [3.05, 3.63) is 17.5 Å². The molecule has 0 saturated carbocycles. The fourth-order valence-electron chi connectivity index (χ4n) is 1.46. The highest BCUT2D eigenvalue weighted by Crippen LogP contribution is 2.14. The second-order valence-electron chi connectivity index (χ2n) is 3.35. The van der Waals surface area contributed by atoms with Crippen LogP contribution in [0.2, 0.25) is 5.15 Å². The van der Waals surface area contributed by atoms with E-state index in [1.54, 1.807) is 6.07 Å². The first-order valence-corrected chi connectivity index (χ1v) is 5.03. The normalized spacial score (nSPS) is 21.1. The molecule has 5 heteroatoms. The van der Waals surface area contributed by atoms with E-state index in [1.807, 2.05) is 0 Å². The Morgan fingerprint density at radius 1 is 1.57 bits per heavy atom. The Labute approximate surface area is 87.7 Å². The molecule has 0 aromatic carbocycles. The van der Waals surface area contributed by atoms with Crippen LogP contribution in [0.15, 0.2) is 12.4 Å². The van der Waals surface area contributed by atoms with Gasteiger partial charge in [-0.3, -0.25) is 0 Å². The lowest BCUT2D eigenvalue weighted by Crippen LogP contribution is -2.15. The number of halogens is 1. The summed E-state index contributed by atoms with van der Waals surface area (Å²) in [6, 6.07) is 1.63. The van der Waals surface area contributed by atoms with Crippen molar-refractivity contribution in [2.75, 3.05) is 19.7 Å². The van der Waals surface area contributed by atoms with Crippen LogP contribution in [0.1, 0.15) is 6.42 Å². The number of nitrogens with zero attached hydrogens (tertiary/aromatic N) is 2. The van der Waals surface area contributed by atoms with E-state index in [0.717, 1.165) is 13.1 Å². The molecule has 1 saturated heterocycles. The van der Waals surface area contributed by atoms with Crippen molar-refractivity contribution in [3.63, 3.8) is 0 Å². The van der Waals surface area contributed by atoms with Gasteiger partial charge in [-0.2, -0.15) is 0 Å². The zero-order valence-corrected chi connectivity index (χ0v) is 8.50. The first-order valence-electron chi connectivity index (χ1n) is 4.65. The van der Waals surface area contributed by atoms with Gasteiger partial charge in [0.2, 0.25) is 5.88 Å². The zero-order valence-electron chi connectivity index (χ0n) is 7.74. The molecule has 1 aromatic rings. The molecule has 4 nitrogen and oxygen atoms in total. The summed E-state index contributed by atoms with van der Waals surface area (Å²) in [4.78, 5) is 7.74. The molecule has 2 rings (SSSR count). The maximum atomic E-state index is 5.70. The van der Waals surface area contributed by atoms with Gasteiger partial charge in [0.1, 0.15) is 11.5 Å². The van der Waals surface area contributed by atoms with Gasteiger partial charge >= 0.3 is 0 Å². The molecule has 76 valence electrons. The number of rotatable bonds is 3. The minimum atomic E-state index is 0.416. The summed E-state index contributed by atoms with van der Waals surface area (Å²) < 4.78 is 5.50. The van der Waals surface area contributed by atoms with Gasteiger partial charge in [0, 0.05) is 18.5 Å². The molecule has 0 unspecified atom stereocenters. The first kappa shape index (κ1) is 9.68. The molecule has 1 fully saturated rings. The molecule has 1 aliphatic rings. The molecule has 0 spiro atoms. The third-order valence-corrected chi connectivity index (χ3v) is 2.44. The van der Waals surface area contributed by atoms with Gasteiger partial charge in [0.25, 0.3) is 0 Å². The molecule has 0 aliphatic carbocycles. The Balaban J connectivity index is 1.85. The SMILES string of the molecule is Clc1cc(OC[C@@H]2CCNC2)ncn1. The van der Waals surface area contributed by atoms with Crippen LogP contribution in [0.25, 0.3) is 0 Å². The van der Waals surface area contributed by atoms with Crippen molar-refractivity contribution in [2.24, 2.45) is 5.92 Å². The molecular formula is C9H12ClN3O. The molecular weight excluding hydrogens is 202 g/mol. The summed E-state index contributed by atoms with van der Waals surface area (Å²) in [5.41, 5.74) is 0. The standard InChI is InChI=1S/C9H12ClN3O/c10-8-3-9(13-6-12-8)14-5-7-1-2-11-4-7/h3,6-7,11H,1-2,4-5H2/t7-/m1/s1. The summed E-state index contributed by atoms with van der Waals surface area (Å²) in [5.74, 6) is 1.14. The number of aromatic nitrogens is 2. The van der Waals surface area contributed by atoms with E-state index >= 15 is 0 Å². The van der Waals surface area contributed by atoms with Gasteiger partial charge in [-0.25, -0.2) is 9.97 Å². The van der Waals surface area contributed by atoms with Gasteiger partial charge in [-0.1, -0.05) is 11.6 Å². The molecule has 1 N–H and O–H groups in total. The largest absolute Gasteiger partial charge is 0.477 e. The van der Waals surface area contributed by atoms with Crippen LogP contribution in [0.5, 0.6) is 5.88 Å². The third-order valence-electron chi connectivity index (χ3n) is 2.24. The van der Waals surface area contributed by atoms with Crippen molar-refractivity contribution in [3.8, 4) is 5.88 Å². The summed E-state index contributed by atoms with van der Waals surface area (Å²) in [7, 11) is 0. The van der Waals surface area contributed by atoms with Crippen LogP contribution in [0.4, 0.5) is 0 Å². The average Bonchev–Trinajstić information content (AvgIpc) is 2.67. The maximum Gasteiger partial charge on any atom is 0.217 e. The van der Waals surface area contributed by atoms with Gasteiger partial charge in [-0.15, -0.1) is 0 Å². The summed E-state index contributed by atoms with van der Waals surface area (Å²) in [6.07, 6.45) is 2.57. The van der Waals surface area contributed by atoms with Crippen LogP contribution in [-0.2, 0) is 0 Å². The predicted octanol–water partition coefficient (Wildman–Crippen LogP) is 1.12. The third kappa shape index (κ3) is 2.56. The van der Waals surface area contributed by atoms with Crippen molar-refractivity contribution in [1.82, 2.24) is 15.3 Å². The predicted molar refractivity (Wildman–Crippen MR) is 53.5 cm³/mol. The van der Waals surface area contributed by atoms with E-state index in [-0.39, 0.29) is 0 Å². The second kappa shape index (κ2) is 4.57. The maximum absolute atomic E-state index is 5.70. The smallest absolute Gasteiger partial charge is 0.217 e. The van der Waals surface area contributed by atoms with E-state index < -0.39 is 0 Å². The molecule has 0 bridgehead atoms. The number of hydrogen-bond acceptors (Lipinski definition) is 4. The van der Waals surface area contributed by atoms with Crippen molar-refractivity contribution < 1.29 is 4.74 Å². The van der Waals surface area contributed by atoms with Crippen molar-refractivity contribution >= 4 is 11.6 Å². The van der Waals surface area contributed by atoms with Gasteiger partial charge in [-0.05, 0) is 13.0 Å². The molecule has 1 aliphatic heterocycles. The lowest BCUT2D eigenvalue weighted by Gasteiger charge is -2.09. The van der Waals surface area contributed by atoms with Crippen molar-refractivity contribution in [1.29, 1.82) is 0 Å². The fourth-order valence-corrected chi connectivity index (χ4v) is 1.59. The van der Waals surface area contributed by atoms with Gasteiger partial charge in [0.15, 0.2) is 0 Å². The summed E-state index contributed by atoms with van der Waals surface area (Å²) >= 11 is 5.70. The minimum absolute atomic E-state index is 0.416. The Bertz CT molecular complexity index is 302. The highest BCUT2D eigenvalue weighted by molar-refractivity contribution is 6.29. The average molecular weight is 214 g/mol. The Morgan fingerprint density at radius 3 is 3.21 bits per heavy atom. The fraction of sp³-hybridized carbons (Fsp3) is 0.556. The first-order chi connectivity index (χ1) is 6.84. The topological polar surface area (TPSA) is 47.0 Å². The van der Waals surface area contributed by atoms with E-state index in [2.05, 4.69) is 15.3 Å². The van der Waals surface area contributed by atoms with Crippen molar-refractivity contribution in [2.45, 2.75) is 6.42 Å². The Hall–Kier alpha value is -0.870. The van der Waals surface area contributed by atoms with E-state index in [9.17, 15) is 0 Å². The minimum Gasteiger partial charge on any atom is -0.477 e. The quantitative estimate of drug-likeness (QED) is 0.765. The molecule has 14 heavy (non-hydrogen) atoms. The molecule has 2 heterocycles. The van der Waals surface area contributed by atoms with Crippen LogP contribution in [-0.4, -0.2) is 29.7 Å². The second-order valence-corrected chi connectivity index (χ2v) is 3.74. The van der Waals surface area contributed by atoms with Gasteiger partial charge in [0.05, 0.1) is 6.61 Å². The zero-order chi connectivity index (χ0) is 9.80. The van der Waals surface area contributed by atoms with E-state index in [4.69, 9.17) is 16.3 Å². The molecule has 1 atom stereocenters. The number of nitrogens with one attached hydrogen (secondary N) is 1. The summed E-state index contributed by atoms with van der Waals surface area (Å²) in [5, 5.41) is 3.70.